The van der Waals surface area contributed by atoms with Crippen LogP contribution in [0.3, 0.4) is 0 Å². The molecule has 0 unspecified atom stereocenters. The Morgan fingerprint density at radius 1 is 1.05 bits per heavy atom. The van der Waals surface area contributed by atoms with E-state index >= 15 is 0 Å². The maximum atomic E-state index is 6.05. The maximum Gasteiger partial charge on any atom is 0.494 e. The van der Waals surface area contributed by atoms with Gasteiger partial charge in [-0.2, -0.15) is 0 Å². The highest BCUT2D eigenvalue weighted by atomic mass is 16.7. The normalized spacial score (nSPS) is 23.9. The van der Waals surface area contributed by atoms with Gasteiger partial charge in [-0.15, -0.1) is 0 Å². The van der Waals surface area contributed by atoms with E-state index in [1.165, 1.54) is 19.3 Å². The second-order valence-corrected chi connectivity index (χ2v) is 7.27. The van der Waals surface area contributed by atoms with Crippen LogP contribution in [0.15, 0.2) is 24.3 Å². The van der Waals surface area contributed by atoms with Gasteiger partial charge >= 0.3 is 7.12 Å². The molecule has 0 aromatic heterocycles. The highest BCUT2D eigenvalue weighted by molar-refractivity contribution is 6.62. The number of hydrogen-bond donors (Lipinski definition) is 0. The molecular weight excluding hydrogens is 263 g/mol. The van der Waals surface area contributed by atoms with Crippen LogP contribution in [0.5, 0.6) is 5.75 Å². The van der Waals surface area contributed by atoms with Gasteiger partial charge in [-0.05, 0) is 64.1 Å². The van der Waals surface area contributed by atoms with Crippen molar-refractivity contribution in [3.8, 4) is 5.75 Å². The molecule has 1 aromatic carbocycles. The second-order valence-electron chi connectivity index (χ2n) is 7.27. The van der Waals surface area contributed by atoms with E-state index in [1.807, 2.05) is 24.3 Å². The second kappa shape index (κ2) is 5.33. The Bertz CT molecular complexity index is 475. The van der Waals surface area contributed by atoms with Crippen LogP contribution in [0.2, 0.25) is 0 Å². The van der Waals surface area contributed by atoms with Crippen LogP contribution >= 0.6 is 0 Å². The van der Waals surface area contributed by atoms with Crippen LogP contribution in [0.25, 0.3) is 0 Å². The van der Waals surface area contributed by atoms with Crippen LogP contribution in [0.4, 0.5) is 0 Å². The zero-order valence-electron chi connectivity index (χ0n) is 13.5. The van der Waals surface area contributed by atoms with Crippen LogP contribution in [-0.4, -0.2) is 24.9 Å². The molecule has 2 aliphatic rings. The van der Waals surface area contributed by atoms with Crippen molar-refractivity contribution in [2.75, 3.05) is 6.61 Å². The van der Waals surface area contributed by atoms with E-state index in [4.69, 9.17) is 14.0 Å². The zero-order chi connectivity index (χ0) is 15.1. The molecule has 21 heavy (non-hydrogen) atoms. The third-order valence-electron chi connectivity index (χ3n) is 5.12. The van der Waals surface area contributed by atoms with E-state index in [9.17, 15) is 0 Å². The molecule has 1 aliphatic heterocycles. The monoisotopic (exact) mass is 288 g/mol. The van der Waals surface area contributed by atoms with Crippen molar-refractivity contribution in [3.63, 3.8) is 0 Å². The summed E-state index contributed by atoms with van der Waals surface area (Å²) in [5.74, 6) is 1.69. The van der Waals surface area contributed by atoms with E-state index in [2.05, 4.69) is 27.7 Å². The highest BCUT2D eigenvalue weighted by Crippen LogP contribution is 2.36. The molecule has 0 spiro atoms. The van der Waals surface area contributed by atoms with E-state index in [1.54, 1.807) is 0 Å². The lowest BCUT2D eigenvalue weighted by atomic mass is 9.79. The molecular formula is C17H25BO3. The maximum absolute atomic E-state index is 6.05. The fraction of sp³-hybridized carbons (Fsp3) is 0.647. The molecule has 4 heteroatoms. The number of ether oxygens (including phenoxy) is 1. The van der Waals surface area contributed by atoms with Gasteiger partial charge in [0.05, 0.1) is 17.8 Å². The quantitative estimate of drug-likeness (QED) is 0.796. The summed E-state index contributed by atoms with van der Waals surface area (Å²) in [5, 5.41) is 0. The molecule has 3 nitrogen and oxygen atoms in total. The Labute approximate surface area is 128 Å². The van der Waals surface area contributed by atoms with Gasteiger partial charge in [0.2, 0.25) is 0 Å². The summed E-state index contributed by atoms with van der Waals surface area (Å²) in [7, 11) is -0.296. The van der Waals surface area contributed by atoms with E-state index in [0.717, 1.165) is 23.7 Å². The Morgan fingerprint density at radius 2 is 1.62 bits per heavy atom. The van der Waals surface area contributed by atoms with E-state index < -0.39 is 0 Å². The summed E-state index contributed by atoms with van der Waals surface area (Å²) in [4.78, 5) is 0. The standard InChI is InChI=1S/C17H25BO3/c1-16(2)17(3,4)21-18(20-16)14-8-10-15(11-9-14)19-12-13-6-5-7-13/h8-11,13H,5-7,12H2,1-4H3. The van der Waals surface area contributed by atoms with E-state index in [0.29, 0.717) is 0 Å². The largest absolute Gasteiger partial charge is 0.494 e. The van der Waals surface area contributed by atoms with Gasteiger partial charge in [0.1, 0.15) is 5.75 Å². The lowest BCUT2D eigenvalue weighted by Crippen LogP contribution is -2.41. The minimum absolute atomic E-state index is 0.295. The number of benzene rings is 1. The average molecular weight is 288 g/mol. The first kappa shape index (κ1) is 14.9. The molecule has 1 saturated heterocycles. The fourth-order valence-corrected chi connectivity index (χ4v) is 2.57. The predicted octanol–water partition coefficient (Wildman–Crippen LogP) is 3.16. The molecule has 1 aliphatic carbocycles. The van der Waals surface area contributed by atoms with Crippen LogP contribution in [-0.2, 0) is 9.31 Å². The molecule has 0 bridgehead atoms. The van der Waals surface area contributed by atoms with Crippen molar-refractivity contribution in [2.24, 2.45) is 5.92 Å². The molecule has 3 rings (SSSR count). The highest BCUT2D eigenvalue weighted by Gasteiger charge is 2.51. The third-order valence-corrected chi connectivity index (χ3v) is 5.12. The van der Waals surface area contributed by atoms with Crippen molar-refractivity contribution in [1.82, 2.24) is 0 Å². The molecule has 0 atom stereocenters. The van der Waals surface area contributed by atoms with Crippen molar-refractivity contribution < 1.29 is 14.0 Å². The molecule has 0 N–H and O–H groups in total. The number of rotatable bonds is 4. The average Bonchev–Trinajstić information content (AvgIpc) is 2.57. The summed E-state index contributed by atoms with van der Waals surface area (Å²) in [6.45, 7) is 9.13. The van der Waals surface area contributed by atoms with Crippen LogP contribution < -0.4 is 10.2 Å². The van der Waals surface area contributed by atoms with E-state index in [-0.39, 0.29) is 18.3 Å². The summed E-state index contributed by atoms with van der Waals surface area (Å²) in [5.41, 5.74) is 0.457. The molecule has 0 radical (unpaired) electrons. The van der Waals surface area contributed by atoms with Crippen LogP contribution in [0.1, 0.15) is 47.0 Å². The van der Waals surface area contributed by atoms with Gasteiger partial charge in [-0.1, -0.05) is 18.6 Å². The molecule has 2 fully saturated rings. The Morgan fingerprint density at radius 3 is 2.10 bits per heavy atom. The van der Waals surface area contributed by atoms with Crippen molar-refractivity contribution in [1.29, 1.82) is 0 Å². The molecule has 1 saturated carbocycles. The zero-order valence-corrected chi connectivity index (χ0v) is 13.5. The molecule has 0 amide bonds. The first-order valence-electron chi connectivity index (χ1n) is 7.96. The van der Waals surface area contributed by atoms with Gasteiger partial charge < -0.3 is 14.0 Å². The van der Waals surface area contributed by atoms with Crippen LogP contribution in [0, 0.1) is 5.92 Å². The van der Waals surface area contributed by atoms with Crippen molar-refractivity contribution in [2.45, 2.75) is 58.2 Å². The Hall–Kier alpha value is -0.995. The first-order chi connectivity index (χ1) is 9.87. The molecule has 114 valence electrons. The SMILES string of the molecule is CC1(C)OB(c2ccc(OCC3CCC3)cc2)OC1(C)C. The Balaban J connectivity index is 1.62. The van der Waals surface area contributed by atoms with Crippen molar-refractivity contribution >= 4 is 12.6 Å². The fourth-order valence-electron chi connectivity index (χ4n) is 2.57. The van der Waals surface area contributed by atoms with Gasteiger partial charge in [0, 0.05) is 0 Å². The minimum atomic E-state index is -0.296. The van der Waals surface area contributed by atoms with Gasteiger partial charge in [-0.25, -0.2) is 0 Å². The van der Waals surface area contributed by atoms with Gasteiger partial charge in [0.25, 0.3) is 0 Å². The topological polar surface area (TPSA) is 27.7 Å². The summed E-state index contributed by atoms with van der Waals surface area (Å²) in [6.07, 6.45) is 3.98. The summed E-state index contributed by atoms with van der Waals surface area (Å²) < 4.78 is 17.9. The Kier molecular flexibility index (Phi) is 3.79. The third kappa shape index (κ3) is 2.97. The molecule has 1 aromatic rings. The minimum Gasteiger partial charge on any atom is -0.493 e. The summed E-state index contributed by atoms with van der Waals surface area (Å²) in [6, 6.07) is 8.11. The molecule has 1 heterocycles. The smallest absolute Gasteiger partial charge is 0.493 e. The lowest BCUT2D eigenvalue weighted by molar-refractivity contribution is 0.00578. The van der Waals surface area contributed by atoms with Gasteiger partial charge in [-0.3, -0.25) is 0 Å². The first-order valence-corrected chi connectivity index (χ1v) is 7.96. The van der Waals surface area contributed by atoms with Crippen molar-refractivity contribution in [3.05, 3.63) is 24.3 Å². The van der Waals surface area contributed by atoms with Gasteiger partial charge in [0.15, 0.2) is 0 Å². The summed E-state index contributed by atoms with van der Waals surface area (Å²) >= 11 is 0. The number of hydrogen-bond acceptors (Lipinski definition) is 3. The predicted molar refractivity (Wildman–Crippen MR) is 85.0 cm³/mol. The lowest BCUT2D eigenvalue weighted by Gasteiger charge is -2.32.